The number of rotatable bonds is 4. The second kappa shape index (κ2) is 5.58. The number of benzene rings is 1. The molecule has 1 atom stereocenters. The molecule has 0 aliphatic heterocycles. The molecule has 1 N–H and O–H groups in total. The average molecular weight is 282 g/mol. The lowest BCUT2D eigenvalue weighted by Gasteiger charge is -2.18. The van der Waals surface area contributed by atoms with Crippen LogP contribution in [0.4, 0.5) is 8.78 Å². The molecule has 4 nitrogen and oxygen atoms in total. The van der Waals surface area contributed by atoms with Crippen LogP contribution in [-0.2, 0) is 0 Å². The summed E-state index contributed by atoms with van der Waals surface area (Å²) in [6.07, 6.45) is -0.0758. The number of nitrogens with zero attached hydrogens (tertiary/aromatic N) is 2. The van der Waals surface area contributed by atoms with Gasteiger partial charge in [-0.3, -0.25) is 4.68 Å². The van der Waals surface area contributed by atoms with E-state index in [1.807, 2.05) is 13.8 Å². The molecule has 0 radical (unpaired) electrons. The molecule has 0 spiro atoms. The second-order valence-corrected chi connectivity index (χ2v) is 4.67. The zero-order valence-electron chi connectivity index (χ0n) is 11.5. The van der Waals surface area contributed by atoms with E-state index in [9.17, 15) is 13.9 Å². The van der Waals surface area contributed by atoms with Gasteiger partial charge in [-0.25, -0.2) is 8.78 Å². The van der Waals surface area contributed by atoms with Gasteiger partial charge in [-0.05, 0) is 26.0 Å². The maximum atomic E-state index is 13.8. The predicted octanol–water partition coefficient (Wildman–Crippen LogP) is 2.83. The zero-order valence-corrected chi connectivity index (χ0v) is 11.5. The molecule has 0 saturated carbocycles. The van der Waals surface area contributed by atoms with Gasteiger partial charge in [-0.15, -0.1) is 0 Å². The summed E-state index contributed by atoms with van der Waals surface area (Å²) in [5, 5.41) is 14.4. The summed E-state index contributed by atoms with van der Waals surface area (Å²) in [6, 6.07) is 3.37. The first-order valence-corrected chi connectivity index (χ1v) is 6.20. The normalized spacial score (nSPS) is 12.8. The number of ether oxygens (including phenoxy) is 1. The molecular formula is C14H16F2N2O2. The third kappa shape index (κ3) is 2.38. The summed E-state index contributed by atoms with van der Waals surface area (Å²) in [5.74, 6) is -1.33. The molecule has 0 fully saturated rings. The fraction of sp³-hybridized carbons (Fsp3) is 0.357. The van der Waals surface area contributed by atoms with Crippen LogP contribution in [0.5, 0.6) is 5.75 Å². The number of hydrogen-bond donors (Lipinski definition) is 1. The third-order valence-corrected chi connectivity index (χ3v) is 3.04. The van der Waals surface area contributed by atoms with Crippen molar-refractivity contribution in [2.75, 3.05) is 7.11 Å². The molecule has 0 saturated heterocycles. The standard InChI is InChI=1S/C14H16F2N2O2/c1-8(2)18-13(11(20-3)7-17-18)14(19)12-9(15)5-4-6-10(12)16/h4-8,14,19H,1-3H3. The lowest BCUT2D eigenvalue weighted by Crippen LogP contribution is -2.15. The first kappa shape index (κ1) is 14.5. The molecule has 20 heavy (non-hydrogen) atoms. The molecule has 0 aliphatic rings. The van der Waals surface area contributed by atoms with Crippen molar-refractivity contribution in [3.05, 3.63) is 47.3 Å². The van der Waals surface area contributed by atoms with Crippen molar-refractivity contribution in [1.29, 1.82) is 0 Å². The van der Waals surface area contributed by atoms with Crippen molar-refractivity contribution in [2.45, 2.75) is 26.0 Å². The summed E-state index contributed by atoms with van der Waals surface area (Å²) in [4.78, 5) is 0. The largest absolute Gasteiger partial charge is 0.493 e. The summed E-state index contributed by atoms with van der Waals surface area (Å²) >= 11 is 0. The van der Waals surface area contributed by atoms with Gasteiger partial charge in [-0.2, -0.15) is 5.10 Å². The Bertz CT molecular complexity index is 591. The summed E-state index contributed by atoms with van der Waals surface area (Å²) in [7, 11) is 1.41. The van der Waals surface area contributed by atoms with Gasteiger partial charge in [0.15, 0.2) is 5.75 Å². The van der Waals surface area contributed by atoms with Gasteiger partial charge in [0, 0.05) is 6.04 Å². The Kier molecular flexibility index (Phi) is 4.04. The number of methoxy groups -OCH3 is 1. The maximum Gasteiger partial charge on any atom is 0.163 e. The molecular weight excluding hydrogens is 266 g/mol. The topological polar surface area (TPSA) is 47.3 Å². The van der Waals surface area contributed by atoms with Gasteiger partial charge in [0.2, 0.25) is 0 Å². The quantitative estimate of drug-likeness (QED) is 0.938. The molecule has 2 rings (SSSR count). The van der Waals surface area contributed by atoms with Crippen LogP contribution in [0.25, 0.3) is 0 Å². The number of aromatic nitrogens is 2. The summed E-state index contributed by atoms with van der Waals surface area (Å²) in [6.45, 7) is 3.70. The lowest BCUT2D eigenvalue weighted by atomic mass is 10.0. The van der Waals surface area contributed by atoms with Crippen molar-refractivity contribution < 1.29 is 18.6 Å². The van der Waals surface area contributed by atoms with Crippen LogP contribution < -0.4 is 4.74 Å². The van der Waals surface area contributed by atoms with E-state index < -0.39 is 23.3 Å². The van der Waals surface area contributed by atoms with Crippen molar-refractivity contribution >= 4 is 0 Å². The van der Waals surface area contributed by atoms with Crippen LogP contribution in [0.3, 0.4) is 0 Å². The number of aliphatic hydroxyl groups is 1. The molecule has 0 aliphatic carbocycles. The van der Waals surface area contributed by atoms with E-state index in [4.69, 9.17) is 4.74 Å². The highest BCUT2D eigenvalue weighted by Gasteiger charge is 2.27. The van der Waals surface area contributed by atoms with E-state index in [1.165, 1.54) is 24.1 Å². The Labute approximate surface area is 115 Å². The Morgan fingerprint density at radius 1 is 1.25 bits per heavy atom. The van der Waals surface area contributed by atoms with Crippen molar-refractivity contribution in [2.24, 2.45) is 0 Å². The summed E-state index contributed by atoms with van der Waals surface area (Å²) in [5.41, 5.74) is -0.181. The lowest BCUT2D eigenvalue weighted by molar-refractivity contribution is 0.189. The molecule has 1 heterocycles. The Hall–Kier alpha value is -1.95. The average Bonchev–Trinajstić information content (AvgIpc) is 2.82. The SMILES string of the molecule is COc1cnn(C(C)C)c1C(O)c1c(F)cccc1F. The van der Waals surface area contributed by atoms with E-state index in [1.54, 1.807) is 0 Å². The molecule has 0 bridgehead atoms. The van der Waals surface area contributed by atoms with Gasteiger partial charge in [-0.1, -0.05) is 6.07 Å². The first-order chi connectivity index (χ1) is 9.47. The highest BCUT2D eigenvalue weighted by molar-refractivity contribution is 5.36. The van der Waals surface area contributed by atoms with Crippen LogP contribution in [0.15, 0.2) is 24.4 Å². The fourth-order valence-corrected chi connectivity index (χ4v) is 2.09. The van der Waals surface area contributed by atoms with Gasteiger partial charge < -0.3 is 9.84 Å². The minimum atomic E-state index is -1.49. The van der Waals surface area contributed by atoms with E-state index in [0.29, 0.717) is 0 Å². The predicted molar refractivity (Wildman–Crippen MR) is 69.6 cm³/mol. The fourth-order valence-electron chi connectivity index (χ4n) is 2.09. The van der Waals surface area contributed by atoms with Crippen LogP contribution in [0.1, 0.15) is 37.3 Å². The number of halogens is 2. The van der Waals surface area contributed by atoms with E-state index in [-0.39, 0.29) is 17.5 Å². The molecule has 108 valence electrons. The maximum absolute atomic E-state index is 13.8. The highest BCUT2D eigenvalue weighted by Crippen LogP contribution is 2.33. The van der Waals surface area contributed by atoms with E-state index in [2.05, 4.69) is 5.10 Å². The van der Waals surface area contributed by atoms with Crippen molar-refractivity contribution in [1.82, 2.24) is 9.78 Å². The van der Waals surface area contributed by atoms with E-state index >= 15 is 0 Å². The van der Waals surface area contributed by atoms with Crippen LogP contribution >= 0.6 is 0 Å². The Balaban J connectivity index is 2.58. The highest BCUT2D eigenvalue weighted by atomic mass is 19.1. The number of aliphatic hydroxyl groups excluding tert-OH is 1. The minimum absolute atomic E-state index is 0.0848. The molecule has 1 aromatic heterocycles. The minimum Gasteiger partial charge on any atom is -0.493 e. The molecule has 1 unspecified atom stereocenters. The van der Waals surface area contributed by atoms with Crippen molar-refractivity contribution in [3.63, 3.8) is 0 Å². The third-order valence-electron chi connectivity index (χ3n) is 3.04. The van der Waals surface area contributed by atoms with E-state index in [0.717, 1.165) is 12.1 Å². The second-order valence-electron chi connectivity index (χ2n) is 4.67. The van der Waals surface area contributed by atoms with Crippen LogP contribution in [0.2, 0.25) is 0 Å². The number of hydrogen-bond acceptors (Lipinski definition) is 3. The molecule has 6 heteroatoms. The Morgan fingerprint density at radius 2 is 1.85 bits per heavy atom. The molecule has 2 aromatic rings. The smallest absolute Gasteiger partial charge is 0.163 e. The van der Waals surface area contributed by atoms with Crippen LogP contribution in [0, 0.1) is 11.6 Å². The Morgan fingerprint density at radius 3 is 2.35 bits per heavy atom. The summed E-state index contributed by atoms with van der Waals surface area (Å²) < 4.78 is 34.2. The first-order valence-electron chi connectivity index (χ1n) is 6.20. The molecule has 0 amide bonds. The van der Waals surface area contributed by atoms with Gasteiger partial charge in [0.25, 0.3) is 0 Å². The monoisotopic (exact) mass is 282 g/mol. The van der Waals surface area contributed by atoms with Gasteiger partial charge in [0.05, 0.1) is 18.9 Å². The zero-order chi connectivity index (χ0) is 14.9. The van der Waals surface area contributed by atoms with Gasteiger partial charge in [0.1, 0.15) is 23.4 Å². The van der Waals surface area contributed by atoms with Crippen LogP contribution in [-0.4, -0.2) is 22.0 Å². The molecule has 1 aromatic carbocycles. The van der Waals surface area contributed by atoms with Crippen molar-refractivity contribution in [3.8, 4) is 5.75 Å². The van der Waals surface area contributed by atoms with Gasteiger partial charge >= 0.3 is 0 Å².